The molecule has 1 saturated heterocycles. The summed E-state index contributed by atoms with van der Waals surface area (Å²) in [5.74, 6) is 0. The van der Waals surface area contributed by atoms with Gasteiger partial charge in [-0.25, -0.2) is 0 Å². The minimum atomic E-state index is -4.32. The Morgan fingerprint density at radius 3 is 2.10 bits per heavy atom. The summed E-state index contributed by atoms with van der Waals surface area (Å²) in [5.41, 5.74) is 0.589. The summed E-state index contributed by atoms with van der Waals surface area (Å²) in [7, 11) is 0. The van der Waals surface area contributed by atoms with Gasteiger partial charge in [-0.05, 0) is 63.1 Å². The van der Waals surface area contributed by atoms with Gasteiger partial charge in [-0.3, -0.25) is 4.90 Å². The summed E-state index contributed by atoms with van der Waals surface area (Å²) in [6, 6.07) is 5.69. The maximum absolute atomic E-state index is 12.9. The molecule has 1 aromatic carbocycles. The number of likely N-dealkylation sites (tertiary alicyclic amines) is 1. The molecule has 1 heterocycles. The number of nitrogens with zero attached hydrogens (tertiary/aromatic N) is 1. The number of rotatable bonds is 6. The largest absolute Gasteiger partial charge is 0.416 e. The fourth-order valence-electron chi connectivity index (χ4n) is 3.78. The van der Waals surface area contributed by atoms with Crippen LogP contribution in [0.4, 0.5) is 13.2 Å². The first kappa shape index (κ1) is 23.7. The van der Waals surface area contributed by atoms with Gasteiger partial charge in [0.25, 0.3) is 0 Å². The predicted molar refractivity (Wildman–Crippen MR) is 113 cm³/mol. The zero-order valence-corrected chi connectivity index (χ0v) is 18.2. The summed E-state index contributed by atoms with van der Waals surface area (Å²) in [4.78, 5) is 2.37. The van der Waals surface area contributed by atoms with Gasteiger partial charge in [-0.1, -0.05) is 49.8 Å². The fraction of sp³-hybridized carbons (Fsp3) is 0.583. The van der Waals surface area contributed by atoms with Crippen molar-refractivity contribution in [1.29, 1.82) is 0 Å². The van der Waals surface area contributed by atoms with Gasteiger partial charge in [0, 0.05) is 19.1 Å². The Balaban J connectivity index is 2.21. The molecule has 1 aliphatic rings. The van der Waals surface area contributed by atoms with E-state index >= 15 is 0 Å². The molecular formula is C24H34F3NO. The molecule has 0 aliphatic carbocycles. The molecule has 1 aromatic rings. The summed E-state index contributed by atoms with van der Waals surface area (Å²) < 4.78 is 38.7. The lowest BCUT2D eigenvalue weighted by Crippen LogP contribution is -2.47. The van der Waals surface area contributed by atoms with Crippen LogP contribution in [0.5, 0.6) is 0 Å². The van der Waals surface area contributed by atoms with E-state index in [4.69, 9.17) is 0 Å². The highest BCUT2D eigenvalue weighted by Crippen LogP contribution is 2.35. The Morgan fingerprint density at radius 1 is 1.10 bits per heavy atom. The highest BCUT2D eigenvalue weighted by Gasteiger charge is 2.34. The van der Waals surface area contributed by atoms with E-state index in [9.17, 15) is 18.3 Å². The molecule has 2 nitrogen and oxygen atoms in total. The van der Waals surface area contributed by atoms with Crippen molar-refractivity contribution in [2.24, 2.45) is 0 Å². The quantitative estimate of drug-likeness (QED) is 0.573. The third kappa shape index (κ3) is 7.00. The van der Waals surface area contributed by atoms with Gasteiger partial charge < -0.3 is 5.11 Å². The van der Waals surface area contributed by atoms with Gasteiger partial charge in [0.2, 0.25) is 0 Å². The molecule has 0 radical (unpaired) electrons. The second-order valence-electron chi connectivity index (χ2n) is 9.39. The minimum Gasteiger partial charge on any atom is -0.390 e. The molecule has 162 valence electrons. The van der Waals surface area contributed by atoms with Gasteiger partial charge >= 0.3 is 6.18 Å². The second kappa shape index (κ2) is 9.05. The standard InChI is InChI=1S/C24H34F3NO/c1-18(2)7-6-8-21(28-15-13-23(5,29)14-16-28)17-22(3,4)19-9-11-20(12-10-19)24(25,26)27/h6-12,21,29H,13-17H2,1-5H3/b8-6+/t21-/m1/s1. The van der Waals surface area contributed by atoms with Crippen molar-refractivity contribution in [2.75, 3.05) is 13.1 Å². The van der Waals surface area contributed by atoms with E-state index in [1.54, 1.807) is 12.1 Å². The zero-order valence-electron chi connectivity index (χ0n) is 18.2. The lowest BCUT2D eigenvalue weighted by molar-refractivity contribution is -0.137. The monoisotopic (exact) mass is 409 g/mol. The van der Waals surface area contributed by atoms with E-state index in [2.05, 4.69) is 37.0 Å². The van der Waals surface area contributed by atoms with Crippen molar-refractivity contribution in [3.8, 4) is 0 Å². The number of hydrogen-bond donors (Lipinski definition) is 1. The van der Waals surface area contributed by atoms with Crippen LogP contribution in [0, 0.1) is 0 Å². The predicted octanol–water partition coefficient (Wildman–Crippen LogP) is 6.11. The molecule has 0 aromatic heterocycles. The summed E-state index contributed by atoms with van der Waals surface area (Å²) in [5, 5.41) is 10.3. The highest BCUT2D eigenvalue weighted by molar-refractivity contribution is 5.30. The van der Waals surface area contributed by atoms with E-state index < -0.39 is 17.3 Å². The van der Waals surface area contributed by atoms with Gasteiger partial charge in [0.15, 0.2) is 0 Å². The summed E-state index contributed by atoms with van der Waals surface area (Å²) >= 11 is 0. The number of aliphatic hydroxyl groups is 1. The lowest BCUT2D eigenvalue weighted by atomic mass is 9.78. The molecule has 2 rings (SSSR count). The SMILES string of the molecule is CC(C)=C/C=C/[C@H](CC(C)(C)c1ccc(C(F)(F)F)cc1)N1CCC(C)(O)CC1. The Hall–Kier alpha value is -1.59. The first-order valence-corrected chi connectivity index (χ1v) is 10.3. The van der Waals surface area contributed by atoms with E-state index in [1.807, 2.05) is 20.8 Å². The third-order valence-electron chi connectivity index (χ3n) is 5.82. The maximum atomic E-state index is 12.9. The number of hydrogen-bond acceptors (Lipinski definition) is 2. The third-order valence-corrected chi connectivity index (χ3v) is 5.82. The van der Waals surface area contributed by atoms with Crippen molar-refractivity contribution in [1.82, 2.24) is 4.90 Å². The molecule has 1 fully saturated rings. The second-order valence-corrected chi connectivity index (χ2v) is 9.39. The lowest BCUT2D eigenvalue weighted by Gasteiger charge is -2.41. The van der Waals surface area contributed by atoms with Gasteiger partial charge in [0.05, 0.1) is 11.2 Å². The van der Waals surface area contributed by atoms with Crippen LogP contribution in [-0.4, -0.2) is 34.7 Å². The van der Waals surface area contributed by atoms with Crippen molar-refractivity contribution in [3.05, 3.63) is 59.2 Å². The smallest absolute Gasteiger partial charge is 0.390 e. The number of halogens is 3. The first-order valence-electron chi connectivity index (χ1n) is 10.3. The van der Waals surface area contributed by atoms with Crippen LogP contribution in [0.15, 0.2) is 48.1 Å². The average molecular weight is 410 g/mol. The van der Waals surface area contributed by atoms with E-state index in [0.29, 0.717) is 0 Å². The number of allylic oxidation sites excluding steroid dienone is 3. The molecule has 29 heavy (non-hydrogen) atoms. The van der Waals surface area contributed by atoms with Crippen LogP contribution < -0.4 is 0 Å². The van der Waals surface area contributed by atoms with E-state index in [-0.39, 0.29) is 11.5 Å². The van der Waals surface area contributed by atoms with Crippen LogP contribution in [0.25, 0.3) is 0 Å². The van der Waals surface area contributed by atoms with Crippen molar-refractivity contribution in [2.45, 2.75) is 77.1 Å². The van der Waals surface area contributed by atoms with E-state index in [0.717, 1.165) is 37.9 Å². The Morgan fingerprint density at radius 2 is 1.62 bits per heavy atom. The Labute approximate surface area is 173 Å². The number of piperidine rings is 1. The average Bonchev–Trinajstić information content (AvgIpc) is 2.60. The molecule has 0 unspecified atom stereocenters. The molecular weight excluding hydrogens is 375 g/mol. The van der Waals surface area contributed by atoms with Crippen LogP contribution in [0.2, 0.25) is 0 Å². The van der Waals surface area contributed by atoms with Gasteiger partial charge in [-0.2, -0.15) is 13.2 Å². The van der Waals surface area contributed by atoms with Crippen molar-refractivity contribution >= 4 is 0 Å². The zero-order chi connectivity index (χ0) is 21.9. The van der Waals surface area contributed by atoms with Crippen molar-refractivity contribution in [3.63, 3.8) is 0 Å². The molecule has 0 spiro atoms. The van der Waals surface area contributed by atoms with Crippen molar-refractivity contribution < 1.29 is 18.3 Å². The molecule has 0 bridgehead atoms. The molecule has 0 saturated carbocycles. The van der Waals surface area contributed by atoms with Crippen LogP contribution in [0.1, 0.15) is 65.0 Å². The summed E-state index contributed by atoms with van der Waals surface area (Å²) in [6.45, 7) is 11.7. The Bertz CT molecular complexity index is 715. The molecule has 1 aliphatic heterocycles. The molecule has 1 N–H and O–H groups in total. The highest BCUT2D eigenvalue weighted by atomic mass is 19.4. The molecule has 1 atom stereocenters. The van der Waals surface area contributed by atoms with Crippen LogP contribution in [-0.2, 0) is 11.6 Å². The van der Waals surface area contributed by atoms with Gasteiger partial charge in [0.1, 0.15) is 0 Å². The van der Waals surface area contributed by atoms with E-state index in [1.165, 1.54) is 17.7 Å². The van der Waals surface area contributed by atoms with Gasteiger partial charge in [-0.15, -0.1) is 0 Å². The maximum Gasteiger partial charge on any atom is 0.416 e. The topological polar surface area (TPSA) is 23.5 Å². The first-order chi connectivity index (χ1) is 13.3. The Kier molecular flexibility index (Phi) is 7.39. The molecule has 0 amide bonds. The summed E-state index contributed by atoms with van der Waals surface area (Å²) in [6.07, 6.45) is 4.23. The number of alkyl halides is 3. The van der Waals surface area contributed by atoms with Crippen LogP contribution >= 0.6 is 0 Å². The normalized spacial score (nSPS) is 19.3. The fourth-order valence-corrected chi connectivity index (χ4v) is 3.78. The molecule has 5 heteroatoms. The number of benzene rings is 1. The van der Waals surface area contributed by atoms with Crippen LogP contribution in [0.3, 0.4) is 0 Å². The minimum absolute atomic E-state index is 0.152.